The first-order valence-corrected chi connectivity index (χ1v) is 24.9. The first-order valence-electron chi connectivity index (χ1n) is 23.8. The number of nitrogens with one attached hydrogen (secondary N) is 1. The van der Waals surface area contributed by atoms with Crippen LogP contribution < -0.4 is 14.8 Å². The molecule has 1 aliphatic carbocycles. The summed E-state index contributed by atoms with van der Waals surface area (Å²) >= 11 is 0. The molecule has 1 aliphatic heterocycles. The van der Waals surface area contributed by atoms with Gasteiger partial charge in [0, 0.05) is 24.4 Å². The molecule has 1 fully saturated rings. The summed E-state index contributed by atoms with van der Waals surface area (Å²) in [7, 11) is 1.60. The number of hydrogen-bond acceptors (Lipinski definition) is 13. The molecule has 7 aromatic rings. The number of hydrogen-bond donors (Lipinski definition) is 1. The van der Waals surface area contributed by atoms with Crippen LogP contribution in [0, 0.1) is 11.3 Å². The standard InChI is InChI=1S/C55H58N7O8P/c1-36(2)62(37(3)4)71(68-30-14-29-56)70-48-31-50(69-49(48)33-67-55(38-15-8-7-9-16-38,39-21-25-41(64-5)26-22-39)40-23-27-42(65-6)28-24-40)61-35-59-51-52(57-34-58-53(51)61)60-54(63)66-32-47-45-19-12-10-17-43(45)44-18-11-13-20-46(44)47/h7-13,15-28,34-37,47-50H,14,30-33H2,1-6H3,(H,57,58,60,63)/t48-,49+,50+,71?/m0/s1. The summed E-state index contributed by atoms with van der Waals surface area (Å²) in [4.78, 5) is 27.3. The lowest BCUT2D eigenvalue weighted by Crippen LogP contribution is -2.39. The predicted molar refractivity (Wildman–Crippen MR) is 271 cm³/mol. The second kappa shape index (κ2) is 22.1. The Morgan fingerprint density at radius 3 is 1.99 bits per heavy atom. The molecule has 3 heterocycles. The van der Waals surface area contributed by atoms with E-state index < -0.39 is 38.7 Å². The summed E-state index contributed by atoms with van der Waals surface area (Å²) < 4.78 is 49.1. The number of nitriles is 1. The normalized spacial score (nSPS) is 17.0. The number of nitrogens with zero attached hydrogens (tertiary/aromatic N) is 6. The van der Waals surface area contributed by atoms with E-state index in [0.717, 1.165) is 38.9 Å². The number of anilines is 1. The molecule has 9 rings (SSSR count). The van der Waals surface area contributed by atoms with E-state index in [-0.39, 0.29) is 50.1 Å². The lowest BCUT2D eigenvalue weighted by Gasteiger charge is -2.39. The Morgan fingerprint density at radius 1 is 0.803 bits per heavy atom. The third-order valence-electron chi connectivity index (χ3n) is 12.9. The Labute approximate surface area is 415 Å². The highest BCUT2D eigenvalue weighted by Crippen LogP contribution is 2.51. The maximum atomic E-state index is 13.5. The molecule has 4 atom stereocenters. The molecular formula is C55H58N7O8P. The smallest absolute Gasteiger partial charge is 0.412 e. The number of imidazole rings is 1. The van der Waals surface area contributed by atoms with Gasteiger partial charge in [-0.25, -0.2) is 24.4 Å². The molecular weight excluding hydrogens is 918 g/mol. The fourth-order valence-corrected chi connectivity index (χ4v) is 11.5. The number of ether oxygens (including phenoxy) is 5. The van der Waals surface area contributed by atoms with E-state index in [0.29, 0.717) is 29.1 Å². The van der Waals surface area contributed by atoms with E-state index in [4.69, 9.17) is 37.7 Å². The van der Waals surface area contributed by atoms with Gasteiger partial charge in [-0.05, 0) is 90.9 Å². The summed E-state index contributed by atoms with van der Waals surface area (Å²) in [6.07, 6.45) is 1.03. The quantitative estimate of drug-likeness (QED) is 0.0436. The van der Waals surface area contributed by atoms with Crippen LogP contribution in [0.3, 0.4) is 0 Å². The number of methoxy groups -OCH3 is 2. The van der Waals surface area contributed by atoms with Gasteiger partial charge in [0.15, 0.2) is 17.0 Å². The minimum atomic E-state index is -1.69. The SMILES string of the molecule is COc1ccc(C(OC[C@H]2O[C@@H](n3cnc4c(NC(=O)OCC5c6ccccc6-c6ccccc65)ncnc43)C[C@@H]2OP(OCCC#N)N(C(C)C)C(C)C)(c2ccccc2)c2ccc(OC)cc2)cc1. The van der Waals surface area contributed by atoms with Crippen molar-refractivity contribution in [1.29, 1.82) is 5.26 Å². The minimum Gasteiger partial charge on any atom is -0.497 e. The van der Waals surface area contributed by atoms with Gasteiger partial charge in [0.05, 0.1) is 52.4 Å². The lowest BCUT2D eigenvalue weighted by molar-refractivity contribution is -0.0912. The summed E-state index contributed by atoms with van der Waals surface area (Å²) in [5.74, 6) is 1.50. The average molecular weight is 976 g/mol. The highest BCUT2D eigenvalue weighted by atomic mass is 31.2. The molecule has 0 spiro atoms. The van der Waals surface area contributed by atoms with Crippen molar-refractivity contribution in [2.45, 2.75) is 82.6 Å². The molecule has 2 aromatic heterocycles. The molecule has 71 heavy (non-hydrogen) atoms. The van der Waals surface area contributed by atoms with Crippen LogP contribution >= 0.6 is 8.53 Å². The third kappa shape index (κ3) is 10.2. The zero-order chi connectivity index (χ0) is 49.5. The van der Waals surface area contributed by atoms with Gasteiger partial charge in [0.2, 0.25) is 0 Å². The molecule has 2 aliphatic rings. The van der Waals surface area contributed by atoms with Crippen molar-refractivity contribution in [3.8, 4) is 28.7 Å². The molecule has 1 saturated heterocycles. The number of carbonyl (C=O) groups is 1. The van der Waals surface area contributed by atoms with Crippen molar-refractivity contribution >= 4 is 31.6 Å². The first-order chi connectivity index (χ1) is 34.6. The van der Waals surface area contributed by atoms with Crippen LogP contribution in [0.4, 0.5) is 10.6 Å². The van der Waals surface area contributed by atoms with E-state index in [1.807, 2.05) is 95.6 Å². The molecule has 1 unspecified atom stereocenters. The Hall–Kier alpha value is -6.76. The van der Waals surface area contributed by atoms with Crippen molar-refractivity contribution in [2.24, 2.45) is 0 Å². The molecule has 0 saturated carbocycles. The maximum Gasteiger partial charge on any atom is 0.412 e. The summed E-state index contributed by atoms with van der Waals surface area (Å²) in [5, 5.41) is 12.3. The van der Waals surface area contributed by atoms with Gasteiger partial charge in [0.1, 0.15) is 42.4 Å². The molecule has 1 amide bonds. The predicted octanol–water partition coefficient (Wildman–Crippen LogP) is 11.2. The molecule has 15 nitrogen and oxygen atoms in total. The number of amides is 1. The van der Waals surface area contributed by atoms with Crippen molar-refractivity contribution in [1.82, 2.24) is 24.2 Å². The Balaban J connectivity index is 1.03. The van der Waals surface area contributed by atoms with E-state index in [1.165, 1.54) is 6.33 Å². The van der Waals surface area contributed by atoms with E-state index >= 15 is 0 Å². The summed E-state index contributed by atoms with van der Waals surface area (Å²) in [6.45, 7) is 8.81. The van der Waals surface area contributed by atoms with Crippen LogP contribution in [-0.4, -0.2) is 88.6 Å². The van der Waals surface area contributed by atoms with Crippen molar-refractivity contribution in [2.75, 3.05) is 39.4 Å². The first kappa shape index (κ1) is 49.2. The highest BCUT2D eigenvalue weighted by molar-refractivity contribution is 7.44. The number of carbonyl (C=O) groups excluding carboxylic acids is 1. The number of rotatable bonds is 20. The van der Waals surface area contributed by atoms with Gasteiger partial charge in [-0.1, -0.05) is 103 Å². The second-order valence-corrected chi connectivity index (χ2v) is 19.3. The zero-order valence-electron chi connectivity index (χ0n) is 40.7. The van der Waals surface area contributed by atoms with E-state index in [2.05, 4.69) is 90.1 Å². The molecule has 0 bridgehead atoms. The summed E-state index contributed by atoms with van der Waals surface area (Å²) in [6, 6.07) is 44.5. The fraction of sp³-hybridized carbons (Fsp3) is 0.327. The van der Waals surface area contributed by atoms with Crippen molar-refractivity contribution in [3.63, 3.8) is 0 Å². The molecule has 5 aromatic carbocycles. The van der Waals surface area contributed by atoms with E-state index in [1.54, 1.807) is 20.5 Å². The van der Waals surface area contributed by atoms with Crippen LogP contribution in [0.25, 0.3) is 22.3 Å². The van der Waals surface area contributed by atoms with Crippen LogP contribution in [0.1, 0.15) is 80.5 Å². The zero-order valence-corrected chi connectivity index (χ0v) is 41.6. The third-order valence-corrected chi connectivity index (χ3v) is 15.1. The average Bonchev–Trinajstić information content (AvgIpc) is 4.10. The number of benzene rings is 5. The Morgan fingerprint density at radius 2 is 1.39 bits per heavy atom. The fourth-order valence-electron chi connectivity index (χ4n) is 9.71. The minimum absolute atomic E-state index is 0.0589. The molecule has 1 N–H and O–H groups in total. The Bertz CT molecular complexity index is 2850. The number of fused-ring (bicyclic) bond motifs is 4. The molecule has 16 heteroatoms. The van der Waals surface area contributed by atoms with E-state index in [9.17, 15) is 10.1 Å². The summed E-state index contributed by atoms with van der Waals surface area (Å²) in [5.41, 5.74) is 6.78. The topological polar surface area (TPSA) is 164 Å². The largest absolute Gasteiger partial charge is 0.497 e. The Kier molecular flexibility index (Phi) is 15.3. The van der Waals surface area contributed by atoms with Crippen LogP contribution in [-0.2, 0) is 28.9 Å². The van der Waals surface area contributed by atoms with Crippen molar-refractivity contribution in [3.05, 3.63) is 168 Å². The van der Waals surface area contributed by atoms with Gasteiger partial charge >= 0.3 is 6.09 Å². The van der Waals surface area contributed by atoms with Crippen LogP contribution in [0.5, 0.6) is 11.5 Å². The highest BCUT2D eigenvalue weighted by Gasteiger charge is 2.45. The maximum absolute atomic E-state index is 13.5. The van der Waals surface area contributed by atoms with Gasteiger partial charge in [-0.3, -0.25) is 9.88 Å². The monoisotopic (exact) mass is 975 g/mol. The lowest BCUT2D eigenvalue weighted by atomic mass is 9.80. The number of aromatic nitrogens is 4. The van der Waals surface area contributed by atoms with Gasteiger partial charge in [-0.2, -0.15) is 5.26 Å². The van der Waals surface area contributed by atoms with Gasteiger partial charge in [-0.15, -0.1) is 0 Å². The van der Waals surface area contributed by atoms with Gasteiger partial charge < -0.3 is 32.7 Å². The molecule has 366 valence electrons. The van der Waals surface area contributed by atoms with Gasteiger partial charge in [0.25, 0.3) is 8.53 Å². The second-order valence-electron chi connectivity index (χ2n) is 17.9. The molecule has 0 radical (unpaired) electrons. The van der Waals surface area contributed by atoms with Crippen LogP contribution in [0.15, 0.2) is 140 Å². The van der Waals surface area contributed by atoms with Crippen LogP contribution in [0.2, 0.25) is 0 Å². The van der Waals surface area contributed by atoms with Crippen molar-refractivity contribution < 1.29 is 37.5 Å².